The minimum atomic E-state index is -4.19. The van der Waals surface area contributed by atoms with Gasteiger partial charge in [0.1, 0.15) is 24.0 Å². The lowest BCUT2D eigenvalue weighted by Gasteiger charge is -2.24. The van der Waals surface area contributed by atoms with Gasteiger partial charge in [0.2, 0.25) is 0 Å². The maximum atomic E-state index is 13.4. The monoisotopic (exact) mass is 493 g/mol. The molecule has 1 aliphatic rings. The van der Waals surface area contributed by atoms with Crippen LogP contribution in [-0.4, -0.2) is 52.6 Å². The summed E-state index contributed by atoms with van der Waals surface area (Å²) >= 11 is 0. The first-order valence-electron chi connectivity index (χ1n) is 10.1. The van der Waals surface area contributed by atoms with Crippen LogP contribution < -0.4 is 20.9 Å². The van der Waals surface area contributed by atoms with Crippen molar-refractivity contribution in [3.05, 3.63) is 63.4 Å². The van der Waals surface area contributed by atoms with Crippen molar-refractivity contribution < 1.29 is 33.0 Å². The molecule has 3 rings (SSSR count). The standard InChI is InChI=1S/C21H24N3O9P/c1-4-15-18(26)16(32-19(15)24-11-10-17(25)22-21(24)28)12-31-34(29,23-13(2)20(27)30-3)33-14-8-6-5-7-9-14/h1,5-11,13,15-16,18-19,26H,12H2,2-3H3,(H,23,29)(H,22,25,28)/t13-,15+,16+,18-,19+,34?/m0/s1. The zero-order valence-corrected chi connectivity index (χ0v) is 19.2. The summed E-state index contributed by atoms with van der Waals surface area (Å²) in [6.07, 6.45) is 3.18. The first-order chi connectivity index (χ1) is 16.2. The molecule has 0 bridgehead atoms. The summed E-state index contributed by atoms with van der Waals surface area (Å²) in [6, 6.07) is 8.15. The van der Waals surface area contributed by atoms with Crippen LogP contribution in [0.3, 0.4) is 0 Å². The van der Waals surface area contributed by atoms with Crippen LogP contribution in [0.2, 0.25) is 0 Å². The highest BCUT2D eigenvalue weighted by Gasteiger charge is 2.45. The van der Waals surface area contributed by atoms with E-state index in [4.69, 9.17) is 20.2 Å². The second kappa shape index (κ2) is 10.8. The summed E-state index contributed by atoms with van der Waals surface area (Å²) < 4.78 is 35.8. The van der Waals surface area contributed by atoms with Gasteiger partial charge in [0.05, 0.1) is 19.6 Å². The number of terminal acetylenes is 1. The summed E-state index contributed by atoms with van der Waals surface area (Å²) in [6.45, 7) is 0.934. The van der Waals surface area contributed by atoms with Gasteiger partial charge in [-0.2, -0.15) is 5.09 Å². The first-order valence-corrected chi connectivity index (χ1v) is 11.7. The molecule has 1 aliphatic heterocycles. The molecule has 182 valence electrons. The third kappa shape index (κ3) is 5.83. The number of methoxy groups -OCH3 is 1. The summed E-state index contributed by atoms with van der Waals surface area (Å²) in [7, 11) is -3.02. The van der Waals surface area contributed by atoms with Gasteiger partial charge in [-0.25, -0.2) is 9.36 Å². The van der Waals surface area contributed by atoms with E-state index in [0.29, 0.717) is 0 Å². The van der Waals surface area contributed by atoms with Crippen molar-refractivity contribution in [2.24, 2.45) is 5.92 Å². The molecule has 1 saturated heterocycles. The highest BCUT2D eigenvalue weighted by molar-refractivity contribution is 7.52. The molecule has 3 N–H and O–H groups in total. The van der Waals surface area contributed by atoms with Crippen LogP contribution in [0.15, 0.2) is 52.2 Å². The molecule has 34 heavy (non-hydrogen) atoms. The summed E-state index contributed by atoms with van der Waals surface area (Å²) in [5.74, 6) is 0.879. The average molecular weight is 493 g/mol. The van der Waals surface area contributed by atoms with Crippen molar-refractivity contribution in [1.29, 1.82) is 0 Å². The van der Waals surface area contributed by atoms with Crippen molar-refractivity contribution in [2.75, 3.05) is 13.7 Å². The third-order valence-electron chi connectivity index (χ3n) is 4.97. The number of benzene rings is 1. The number of para-hydroxylation sites is 1. The predicted octanol–water partition coefficient (Wildman–Crippen LogP) is 0.399. The Bertz CT molecular complexity index is 1210. The second-order valence-corrected chi connectivity index (χ2v) is 9.03. The van der Waals surface area contributed by atoms with Crippen LogP contribution in [0, 0.1) is 18.3 Å². The number of H-pyrrole nitrogens is 1. The lowest BCUT2D eigenvalue weighted by molar-refractivity contribution is -0.142. The molecule has 0 aliphatic carbocycles. The Balaban J connectivity index is 1.80. The normalized spacial score (nSPS) is 24.5. The number of nitrogens with one attached hydrogen (secondary N) is 2. The van der Waals surface area contributed by atoms with Gasteiger partial charge in [-0.15, -0.1) is 6.42 Å². The number of rotatable bonds is 9. The fraction of sp³-hybridized carbons (Fsp3) is 0.381. The molecule has 0 amide bonds. The third-order valence-corrected chi connectivity index (χ3v) is 6.62. The number of nitrogens with zero attached hydrogens (tertiary/aromatic N) is 1. The molecule has 1 unspecified atom stereocenters. The molecular weight excluding hydrogens is 469 g/mol. The molecule has 12 nitrogen and oxygen atoms in total. The summed E-state index contributed by atoms with van der Waals surface area (Å²) in [4.78, 5) is 37.4. The maximum Gasteiger partial charge on any atom is 0.459 e. The Kier molecular flexibility index (Phi) is 8.09. The van der Waals surface area contributed by atoms with E-state index in [-0.39, 0.29) is 5.75 Å². The van der Waals surface area contributed by atoms with Crippen LogP contribution in [0.1, 0.15) is 13.2 Å². The highest BCUT2D eigenvalue weighted by atomic mass is 31.2. The number of aliphatic hydroxyl groups is 1. The van der Waals surface area contributed by atoms with E-state index in [9.17, 15) is 24.1 Å². The number of hydrogen-bond donors (Lipinski definition) is 3. The molecule has 2 heterocycles. The van der Waals surface area contributed by atoms with Crippen molar-refractivity contribution >= 4 is 13.7 Å². The molecule has 0 saturated carbocycles. The summed E-state index contributed by atoms with van der Waals surface area (Å²) in [5, 5.41) is 13.1. The minimum absolute atomic E-state index is 0.197. The predicted molar refractivity (Wildman–Crippen MR) is 119 cm³/mol. The van der Waals surface area contributed by atoms with Gasteiger partial charge in [0.25, 0.3) is 5.56 Å². The second-order valence-electron chi connectivity index (χ2n) is 7.34. The van der Waals surface area contributed by atoms with E-state index in [1.165, 1.54) is 32.4 Å². The van der Waals surface area contributed by atoms with Crippen molar-refractivity contribution in [1.82, 2.24) is 14.6 Å². The number of aliphatic hydroxyl groups excluding tert-OH is 1. The number of aromatic amines is 1. The molecule has 2 aromatic rings. The van der Waals surface area contributed by atoms with E-state index >= 15 is 0 Å². The lowest BCUT2D eigenvalue weighted by Crippen LogP contribution is -2.36. The number of aromatic nitrogens is 2. The zero-order chi connectivity index (χ0) is 24.9. The number of carbonyl (C=O) groups is 1. The van der Waals surface area contributed by atoms with Crippen LogP contribution in [0.4, 0.5) is 0 Å². The fourth-order valence-corrected chi connectivity index (χ4v) is 4.78. The largest absolute Gasteiger partial charge is 0.468 e. The summed E-state index contributed by atoms with van der Waals surface area (Å²) in [5.41, 5.74) is -1.39. The van der Waals surface area contributed by atoms with Crippen LogP contribution in [0.5, 0.6) is 5.75 Å². The maximum absolute atomic E-state index is 13.4. The molecule has 6 atom stereocenters. The van der Waals surface area contributed by atoms with E-state index in [0.717, 1.165) is 10.6 Å². The van der Waals surface area contributed by atoms with Crippen LogP contribution in [0.25, 0.3) is 0 Å². The van der Waals surface area contributed by atoms with E-state index in [1.54, 1.807) is 18.2 Å². The van der Waals surface area contributed by atoms with Gasteiger partial charge in [-0.1, -0.05) is 24.1 Å². The number of hydrogen-bond acceptors (Lipinski definition) is 9. The van der Waals surface area contributed by atoms with E-state index < -0.39 is 62.0 Å². The molecule has 1 fully saturated rings. The Labute approximate surface area is 194 Å². The van der Waals surface area contributed by atoms with Crippen molar-refractivity contribution in [3.8, 4) is 18.1 Å². The van der Waals surface area contributed by atoms with Crippen molar-refractivity contribution in [3.63, 3.8) is 0 Å². The molecule has 0 spiro atoms. The van der Waals surface area contributed by atoms with Gasteiger partial charge in [-0.3, -0.25) is 23.7 Å². The minimum Gasteiger partial charge on any atom is -0.468 e. The Morgan fingerprint density at radius 1 is 1.35 bits per heavy atom. The van der Waals surface area contributed by atoms with Gasteiger partial charge < -0.3 is 19.1 Å². The van der Waals surface area contributed by atoms with Gasteiger partial charge in [0.15, 0.2) is 6.23 Å². The zero-order valence-electron chi connectivity index (χ0n) is 18.3. The van der Waals surface area contributed by atoms with Crippen LogP contribution >= 0.6 is 7.75 Å². The Morgan fingerprint density at radius 3 is 2.68 bits per heavy atom. The smallest absolute Gasteiger partial charge is 0.459 e. The van der Waals surface area contributed by atoms with Gasteiger partial charge in [0, 0.05) is 12.3 Å². The Morgan fingerprint density at radius 2 is 2.06 bits per heavy atom. The van der Waals surface area contributed by atoms with Crippen molar-refractivity contribution in [2.45, 2.75) is 31.4 Å². The molecular formula is C21H24N3O9P. The van der Waals surface area contributed by atoms with Crippen LogP contribution in [-0.2, 0) is 23.4 Å². The van der Waals surface area contributed by atoms with Gasteiger partial charge >= 0.3 is 19.4 Å². The highest BCUT2D eigenvalue weighted by Crippen LogP contribution is 2.46. The average Bonchev–Trinajstić information content (AvgIpc) is 3.12. The topological polar surface area (TPSA) is 158 Å². The lowest BCUT2D eigenvalue weighted by atomic mass is 10.0. The number of carbonyl (C=O) groups excluding carboxylic acids is 1. The molecule has 1 aromatic heterocycles. The van der Waals surface area contributed by atoms with Gasteiger partial charge in [-0.05, 0) is 19.1 Å². The molecule has 1 aromatic carbocycles. The Hall–Kier alpha value is -3.20. The SMILES string of the molecule is C#C[C@@H]1[C@H](O)[C@@H](COP(=O)(N[C@@H](C)C(=O)OC)Oc2ccccc2)O[C@H]1n1ccc(=O)[nH]c1=O. The fourth-order valence-electron chi connectivity index (χ4n) is 3.28. The van der Waals surface area contributed by atoms with E-state index in [1.807, 2.05) is 0 Å². The molecule has 13 heteroatoms. The number of esters is 1. The number of ether oxygens (including phenoxy) is 2. The quantitative estimate of drug-likeness (QED) is 0.254. The molecule has 0 radical (unpaired) electrons. The first kappa shape index (κ1) is 25.4. The van der Waals surface area contributed by atoms with E-state index in [2.05, 4.69) is 20.7 Å².